The van der Waals surface area contributed by atoms with Crippen LogP contribution in [0.25, 0.3) is 0 Å². The molecule has 5 nitrogen and oxygen atoms in total. The van der Waals surface area contributed by atoms with Crippen LogP contribution >= 0.6 is 0 Å². The van der Waals surface area contributed by atoms with Crippen LogP contribution in [0.2, 0.25) is 0 Å². The second kappa shape index (κ2) is 6.13. The molecular formula is C12H20N4OS. The zero-order valence-corrected chi connectivity index (χ0v) is 11.8. The van der Waals surface area contributed by atoms with Crippen molar-refractivity contribution in [2.75, 3.05) is 41.4 Å². The van der Waals surface area contributed by atoms with E-state index in [9.17, 15) is 4.21 Å². The van der Waals surface area contributed by atoms with Gasteiger partial charge in [-0.05, 0) is 13.3 Å². The van der Waals surface area contributed by atoms with Crippen molar-refractivity contribution in [2.24, 2.45) is 0 Å². The van der Waals surface area contributed by atoms with E-state index in [0.717, 1.165) is 49.1 Å². The third kappa shape index (κ3) is 3.41. The molecule has 2 heterocycles. The number of rotatable bonds is 4. The zero-order valence-electron chi connectivity index (χ0n) is 11.0. The highest BCUT2D eigenvalue weighted by molar-refractivity contribution is 7.85. The molecule has 0 aliphatic carbocycles. The molecule has 1 aromatic rings. The van der Waals surface area contributed by atoms with Crippen LogP contribution in [0.1, 0.15) is 19.0 Å². The van der Waals surface area contributed by atoms with E-state index in [1.807, 2.05) is 13.0 Å². The molecule has 1 fully saturated rings. The topological polar surface area (TPSA) is 58.1 Å². The van der Waals surface area contributed by atoms with Crippen LogP contribution in [0, 0.1) is 6.92 Å². The summed E-state index contributed by atoms with van der Waals surface area (Å²) in [5, 5.41) is 3.21. The Balaban J connectivity index is 2.11. The van der Waals surface area contributed by atoms with E-state index < -0.39 is 10.8 Å². The van der Waals surface area contributed by atoms with Crippen molar-refractivity contribution >= 4 is 22.6 Å². The van der Waals surface area contributed by atoms with Crippen molar-refractivity contribution in [2.45, 2.75) is 20.3 Å². The van der Waals surface area contributed by atoms with E-state index in [0.29, 0.717) is 5.95 Å². The SMILES string of the molecule is CCCNc1nc(C)cc(N2CCS(=O)CC2)n1. The van der Waals surface area contributed by atoms with Crippen molar-refractivity contribution in [1.29, 1.82) is 0 Å². The second-order valence-electron chi connectivity index (χ2n) is 4.45. The van der Waals surface area contributed by atoms with Gasteiger partial charge in [0.25, 0.3) is 0 Å². The quantitative estimate of drug-likeness (QED) is 0.888. The minimum atomic E-state index is -0.651. The van der Waals surface area contributed by atoms with Gasteiger partial charge >= 0.3 is 0 Å². The Morgan fingerprint density at radius 1 is 1.39 bits per heavy atom. The predicted molar refractivity (Wildman–Crippen MR) is 75.6 cm³/mol. The number of hydrogen-bond acceptors (Lipinski definition) is 5. The van der Waals surface area contributed by atoms with Crippen LogP contribution in [0.3, 0.4) is 0 Å². The average molecular weight is 268 g/mol. The minimum Gasteiger partial charge on any atom is -0.355 e. The summed E-state index contributed by atoms with van der Waals surface area (Å²) >= 11 is 0. The molecule has 0 bridgehead atoms. The summed E-state index contributed by atoms with van der Waals surface area (Å²) in [6, 6.07) is 1.99. The molecule has 1 aliphatic heterocycles. The fraction of sp³-hybridized carbons (Fsp3) is 0.667. The van der Waals surface area contributed by atoms with Gasteiger partial charge in [-0.1, -0.05) is 6.92 Å². The number of nitrogens with one attached hydrogen (secondary N) is 1. The molecule has 0 unspecified atom stereocenters. The Labute approximate surface area is 110 Å². The molecule has 18 heavy (non-hydrogen) atoms. The largest absolute Gasteiger partial charge is 0.355 e. The summed E-state index contributed by atoms with van der Waals surface area (Å²) in [6.07, 6.45) is 1.05. The van der Waals surface area contributed by atoms with E-state index in [1.165, 1.54) is 0 Å². The number of nitrogens with zero attached hydrogens (tertiary/aromatic N) is 3. The molecule has 1 saturated heterocycles. The lowest BCUT2D eigenvalue weighted by Crippen LogP contribution is -2.38. The number of aromatic nitrogens is 2. The lowest BCUT2D eigenvalue weighted by molar-refractivity contribution is 0.672. The second-order valence-corrected chi connectivity index (χ2v) is 6.15. The molecular weight excluding hydrogens is 248 g/mol. The summed E-state index contributed by atoms with van der Waals surface area (Å²) in [7, 11) is -0.651. The molecule has 1 aliphatic rings. The third-order valence-corrected chi connectivity index (χ3v) is 4.15. The van der Waals surface area contributed by atoms with Gasteiger partial charge in [0, 0.05) is 53.7 Å². The molecule has 0 spiro atoms. The smallest absolute Gasteiger partial charge is 0.224 e. The Hall–Kier alpha value is -1.17. The van der Waals surface area contributed by atoms with Crippen LogP contribution in [-0.2, 0) is 10.8 Å². The Bertz CT molecular complexity index is 428. The van der Waals surface area contributed by atoms with Crippen LogP contribution < -0.4 is 10.2 Å². The first kappa shape index (κ1) is 13.3. The lowest BCUT2D eigenvalue weighted by atomic mass is 10.4. The van der Waals surface area contributed by atoms with Crippen LogP contribution in [0.5, 0.6) is 0 Å². The van der Waals surface area contributed by atoms with Gasteiger partial charge in [-0.3, -0.25) is 4.21 Å². The number of aryl methyl sites for hydroxylation is 1. The molecule has 1 aromatic heterocycles. The van der Waals surface area contributed by atoms with Gasteiger partial charge < -0.3 is 10.2 Å². The van der Waals surface area contributed by atoms with Crippen molar-refractivity contribution in [1.82, 2.24) is 9.97 Å². The molecule has 100 valence electrons. The average Bonchev–Trinajstić information content (AvgIpc) is 2.36. The van der Waals surface area contributed by atoms with Gasteiger partial charge in [0.05, 0.1) is 0 Å². The maximum atomic E-state index is 11.4. The minimum absolute atomic E-state index is 0.651. The van der Waals surface area contributed by atoms with E-state index in [-0.39, 0.29) is 0 Å². The summed E-state index contributed by atoms with van der Waals surface area (Å²) in [6.45, 7) is 6.60. The fourth-order valence-corrected chi connectivity index (χ4v) is 2.95. The first-order valence-corrected chi connectivity index (χ1v) is 7.87. The predicted octanol–water partition coefficient (Wildman–Crippen LogP) is 1.18. The molecule has 2 rings (SSSR count). The lowest BCUT2D eigenvalue weighted by Gasteiger charge is -2.27. The molecule has 1 N–H and O–H groups in total. The van der Waals surface area contributed by atoms with E-state index >= 15 is 0 Å². The highest BCUT2D eigenvalue weighted by atomic mass is 32.2. The molecule has 0 amide bonds. The maximum absolute atomic E-state index is 11.4. The van der Waals surface area contributed by atoms with Gasteiger partial charge in [0.2, 0.25) is 5.95 Å². The fourth-order valence-electron chi connectivity index (χ4n) is 1.90. The van der Waals surface area contributed by atoms with E-state index in [1.54, 1.807) is 0 Å². The van der Waals surface area contributed by atoms with Crippen molar-refractivity contribution in [3.05, 3.63) is 11.8 Å². The molecule has 0 atom stereocenters. The van der Waals surface area contributed by atoms with Crippen molar-refractivity contribution in [3.8, 4) is 0 Å². The first-order chi connectivity index (χ1) is 8.69. The van der Waals surface area contributed by atoms with Gasteiger partial charge in [-0.2, -0.15) is 4.98 Å². The van der Waals surface area contributed by atoms with Gasteiger partial charge in [-0.25, -0.2) is 4.98 Å². The monoisotopic (exact) mass is 268 g/mol. The molecule has 6 heteroatoms. The zero-order chi connectivity index (χ0) is 13.0. The first-order valence-electron chi connectivity index (χ1n) is 6.38. The van der Waals surface area contributed by atoms with Gasteiger partial charge in [0.1, 0.15) is 5.82 Å². The Kier molecular flexibility index (Phi) is 4.52. The van der Waals surface area contributed by atoms with Gasteiger partial charge in [0.15, 0.2) is 0 Å². The van der Waals surface area contributed by atoms with Crippen LogP contribution in [-0.4, -0.2) is 45.3 Å². The standard InChI is InChI=1S/C12H20N4OS/c1-3-4-13-12-14-10(2)9-11(15-12)16-5-7-18(17)8-6-16/h9H,3-8H2,1-2H3,(H,13,14,15). The van der Waals surface area contributed by atoms with Crippen molar-refractivity contribution in [3.63, 3.8) is 0 Å². The normalized spacial score (nSPS) is 16.9. The highest BCUT2D eigenvalue weighted by Crippen LogP contribution is 2.16. The Morgan fingerprint density at radius 3 is 2.78 bits per heavy atom. The highest BCUT2D eigenvalue weighted by Gasteiger charge is 2.17. The Morgan fingerprint density at radius 2 is 2.11 bits per heavy atom. The summed E-state index contributed by atoms with van der Waals surface area (Å²) < 4.78 is 11.4. The summed E-state index contributed by atoms with van der Waals surface area (Å²) in [5.74, 6) is 3.11. The summed E-state index contributed by atoms with van der Waals surface area (Å²) in [4.78, 5) is 11.1. The van der Waals surface area contributed by atoms with Crippen LogP contribution in [0.15, 0.2) is 6.07 Å². The number of anilines is 2. The van der Waals surface area contributed by atoms with Gasteiger partial charge in [-0.15, -0.1) is 0 Å². The third-order valence-electron chi connectivity index (χ3n) is 2.88. The van der Waals surface area contributed by atoms with E-state index in [2.05, 4.69) is 27.1 Å². The maximum Gasteiger partial charge on any atom is 0.224 e. The van der Waals surface area contributed by atoms with Crippen molar-refractivity contribution < 1.29 is 4.21 Å². The molecule has 0 saturated carbocycles. The summed E-state index contributed by atoms with van der Waals surface area (Å²) in [5.41, 5.74) is 0.963. The molecule has 0 aromatic carbocycles. The van der Waals surface area contributed by atoms with E-state index in [4.69, 9.17) is 0 Å². The number of hydrogen-bond donors (Lipinski definition) is 1. The molecule has 0 radical (unpaired) electrons. The van der Waals surface area contributed by atoms with Crippen LogP contribution in [0.4, 0.5) is 11.8 Å².